The highest BCUT2D eigenvalue weighted by Gasteiger charge is 2.40. The molecule has 3 heterocycles. The monoisotopic (exact) mass is 369 g/mol. The van der Waals surface area contributed by atoms with Crippen molar-refractivity contribution in [2.45, 2.75) is 62.9 Å². The third kappa shape index (κ3) is 3.05. The molecule has 2 saturated heterocycles. The maximum absolute atomic E-state index is 13.0. The van der Waals surface area contributed by atoms with Crippen molar-refractivity contribution in [2.24, 2.45) is 5.92 Å². The SMILES string of the molecule is O=C(C1CC2CCCCC2N1)N1CCC(c2nc3ccccc3s2)CC1. The second kappa shape index (κ2) is 6.93. The Labute approximate surface area is 159 Å². The highest BCUT2D eigenvalue weighted by atomic mass is 32.1. The van der Waals surface area contributed by atoms with Gasteiger partial charge in [0.25, 0.3) is 0 Å². The summed E-state index contributed by atoms with van der Waals surface area (Å²) in [5.41, 5.74) is 1.11. The van der Waals surface area contributed by atoms with Gasteiger partial charge in [0.05, 0.1) is 21.3 Å². The summed E-state index contributed by atoms with van der Waals surface area (Å²) in [7, 11) is 0. The van der Waals surface area contributed by atoms with Crippen molar-refractivity contribution in [3.05, 3.63) is 29.3 Å². The molecule has 1 aromatic heterocycles. The van der Waals surface area contributed by atoms with Crippen molar-refractivity contribution in [3.8, 4) is 0 Å². The normalized spacial score (nSPS) is 29.8. The first-order valence-electron chi connectivity index (χ1n) is 10.2. The topological polar surface area (TPSA) is 45.2 Å². The minimum atomic E-state index is 0.0714. The molecule has 1 amide bonds. The molecule has 0 radical (unpaired) electrons. The zero-order chi connectivity index (χ0) is 17.5. The number of carbonyl (C=O) groups is 1. The van der Waals surface area contributed by atoms with Gasteiger partial charge in [0.1, 0.15) is 0 Å². The largest absolute Gasteiger partial charge is 0.341 e. The van der Waals surface area contributed by atoms with Crippen LogP contribution in [0.1, 0.15) is 55.9 Å². The van der Waals surface area contributed by atoms with E-state index in [0.717, 1.165) is 43.8 Å². The molecular formula is C21H27N3OS. The van der Waals surface area contributed by atoms with Crippen LogP contribution in [0.25, 0.3) is 10.2 Å². The zero-order valence-corrected chi connectivity index (χ0v) is 16.0. The van der Waals surface area contributed by atoms with Crippen LogP contribution in [0, 0.1) is 5.92 Å². The Hall–Kier alpha value is -1.46. The molecule has 3 fully saturated rings. The molecular weight excluding hydrogens is 342 g/mol. The lowest BCUT2D eigenvalue weighted by Crippen LogP contribution is -2.48. The minimum Gasteiger partial charge on any atom is -0.341 e. The lowest BCUT2D eigenvalue weighted by atomic mass is 9.85. The first-order valence-corrected chi connectivity index (χ1v) is 11.0. The molecule has 1 N–H and O–H groups in total. The number of rotatable bonds is 2. The van der Waals surface area contributed by atoms with E-state index < -0.39 is 0 Å². The molecule has 1 aromatic carbocycles. The van der Waals surface area contributed by atoms with Crippen LogP contribution in [0.4, 0.5) is 0 Å². The summed E-state index contributed by atoms with van der Waals surface area (Å²) in [5, 5.41) is 4.90. The van der Waals surface area contributed by atoms with E-state index in [1.165, 1.54) is 35.4 Å². The molecule has 138 valence electrons. The lowest BCUT2D eigenvalue weighted by Gasteiger charge is -2.33. The quantitative estimate of drug-likeness (QED) is 0.873. The van der Waals surface area contributed by atoms with E-state index >= 15 is 0 Å². The molecule has 3 unspecified atom stereocenters. The molecule has 3 aliphatic rings. The average molecular weight is 370 g/mol. The summed E-state index contributed by atoms with van der Waals surface area (Å²) in [5.74, 6) is 1.59. The van der Waals surface area contributed by atoms with Crippen LogP contribution in [0.3, 0.4) is 0 Å². The van der Waals surface area contributed by atoms with Gasteiger partial charge in [0, 0.05) is 25.0 Å². The lowest BCUT2D eigenvalue weighted by molar-refractivity contribution is -0.134. The zero-order valence-electron chi connectivity index (χ0n) is 15.2. The number of piperidine rings is 1. The van der Waals surface area contributed by atoms with E-state index in [9.17, 15) is 4.79 Å². The standard InChI is InChI=1S/C21H27N3OS/c25-21(18-13-15-5-1-2-6-16(15)22-18)24-11-9-14(10-12-24)20-23-17-7-3-4-8-19(17)26-20/h3-4,7-8,14-16,18,22H,1-2,5-6,9-13H2. The number of para-hydroxylation sites is 1. The second-order valence-electron chi connectivity index (χ2n) is 8.23. The van der Waals surface area contributed by atoms with Gasteiger partial charge in [-0.1, -0.05) is 25.0 Å². The van der Waals surface area contributed by atoms with Crippen molar-refractivity contribution in [1.29, 1.82) is 0 Å². The summed E-state index contributed by atoms with van der Waals surface area (Å²) in [6, 6.07) is 9.05. The Morgan fingerprint density at radius 3 is 2.73 bits per heavy atom. The van der Waals surface area contributed by atoms with Crippen molar-refractivity contribution < 1.29 is 4.79 Å². The summed E-state index contributed by atoms with van der Waals surface area (Å²) in [6.07, 6.45) is 8.38. The molecule has 5 rings (SSSR count). The predicted molar refractivity (Wildman–Crippen MR) is 105 cm³/mol. The van der Waals surface area contributed by atoms with E-state index in [4.69, 9.17) is 4.98 Å². The molecule has 1 aliphatic carbocycles. The Kier molecular flexibility index (Phi) is 4.45. The molecule has 0 spiro atoms. The third-order valence-corrected chi connectivity index (χ3v) is 7.83. The van der Waals surface area contributed by atoms with Crippen LogP contribution >= 0.6 is 11.3 Å². The maximum Gasteiger partial charge on any atom is 0.239 e. The molecule has 2 aliphatic heterocycles. The Balaban J connectivity index is 1.21. The summed E-state index contributed by atoms with van der Waals surface area (Å²) in [6.45, 7) is 1.76. The number of amides is 1. The molecule has 3 atom stereocenters. The minimum absolute atomic E-state index is 0.0714. The van der Waals surface area contributed by atoms with E-state index in [0.29, 0.717) is 17.9 Å². The average Bonchev–Trinajstić information content (AvgIpc) is 3.31. The van der Waals surface area contributed by atoms with Gasteiger partial charge in [-0.05, 0) is 50.2 Å². The highest BCUT2D eigenvalue weighted by molar-refractivity contribution is 7.18. The van der Waals surface area contributed by atoms with Crippen molar-refractivity contribution in [3.63, 3.8) is 0 Å². The van der Waals surface area contributed by atoms with Crippen LogP contribution in [0.15, 0.2) is 24.3 Å². The van der Waals surface area contributed by atoms with Gasteiger partial charge in [-0.3, -0.25) is 4.79 Å². The van der Waals surface area contributed by atoms with Crippen molar-refractivity contribution in [1.82, 2.24) is 15.2 Å². The molecule has 2 aromatic rings. The van der Waals surface area contributed by atoms with Crippen LogP contribution in [0.2, 0.25) is 0 Å². The van der Waals surface area contributed by atoms with Crippen molar-refractivity contribution in [2.75, 3.05) is 13.1 Å². The first kappa shape index (κ1) is 16.7. The van der Waals surface area contributed by atoms with E-state index in [-0.39, 0.29) is 6.04 Å². The van der Waals surface area contributed by atoms with Gasteiger partial charge in [-0.25, -0.2) is 4.98 Å². The number of nitrogens with zero attached hydrogens (tertiary/aromatic N) is 2. The number of likely N-dealkylation sites (tertiary alicyclic amines) is 1. The van der Waals surface area contributed by atoms with Crippen molar-refractivity contribution >= 4 is 27.5 Å². The van der Waals surface area contributed by atoms with Crippen LogP contribution in [0.5, 0.6) is 0 Å². The van der Waals surface area contributed by atoms with Gasteiger partial charge in [0.2, 0.25) is 5.91 Å². The number of carbonyl (C=O) groups excluding carboxylic acids is 1. The van der Waals surface area contributed by atoms with Gasteiger partial charge in [-0.2, -0.15) is 0 Å². The molecule has 1 saturated carbocycles. The summed E-state index contributed by atoms with van der Waals surface area (Å²) >= 11 is 1.83. The number of hydrogen-bond acceptors (Lipinski definition) is 4. The Morgan fingerprint density at radius 1 is 1.12 bits per heavy atom. The number of hydrogen-bond donors (Lipinski definition) is 1. The van der Waals surface area contributed by atoms with E-state index in [2.05, 4.69) is 34.5 Å². The number of thiazole rings is 1. The third-order valence-electron chi connectivity index (χ3n) is 6.63. The molecule has 26 heavy (non-hydrogen) atoms. The fraction of sp³-hybridized carbons (Fsp3) is 0.619. The molecule has 0 bridgehead atoms. The van der Waals surface area contributed by atoms with E-state index in [1.54, 1.807) is 0 Å². The number of benzene rings is 1. The summed E-state index contributed by atoms with van der Waals surface area (Å²) < 4.78 is 1.28. The van der Waals surface area contributed by atoms with Crippen LogP contribution in [-0.4, -0.2) is 41.0 Å². The molecule has 4 nitrogen and oxygen atoms in total. The van der Waals surface area contributed by atoms with Gasteiger partial charge in [0.15, 0.2) is 0 Å². The number of fused-ring (bicyclic) bond motifs is 2. The van der Waals surface area contributed by atoms with Gasteiger partial charge < -0.3 is 10.2 Å². The smallest absolute Gasteiger partial charge is 0.239 e. The number of nitrogens with one attached hydrogen (secondary N) is 1. The number of aromatic nitrogens is 1. The first-order chi connectivity index (χ1) is 12.8. The fourth-order valence-corrected chi connectivity index (χ4v) is 6.28. The van der Waals surface area contributed by atoms with E-state index in [1.807, 2.05) is 11.3 Å². The fourth-order valence-electron chi connectivity index (χ4n) is 5.14. The maximum atomic E-state index is 13.0. The van der Waals surface area contributed by atoms with Gasteiger partial charge >= 0.3 is 0 Å². The Morgan fingerprint density at radius 2 is 1.92 bits per heavy atom. The van der Waals surface area contributed by atoms with Crippen LogP contribution in [-0.2, 0) is 4.79 Å². The molecule has 5 heteroatoms. The Bertz CT molecular complexity index is 748. The second-order valence-corrected chi connectivity index (χ2v) is 9.29. The predicted octanol–water partition coefficient (Wildman–Crippen LogP) is 3.92. The summed E-state index contributed by atoms with van der Waals surface area (Å²) in [4.78, 5) is 19.9. The highest BCUT2D eigenvalue weighted by Crippen LogP contribution is 2.36. The van der Waals surface area contributed by atoms with Gasteiger partial charge in [-0.15, -0.1) is 11.3 Å². The van der Waals surface area contributed by atoms with Crippen LogP contribution < -0.4 is 5.32 Å².